The lowest BCUT2D eigenvalue weighted by Crippen LogP contribution is -2.26. The second kappa shape index (κ2) is 2.81. The summed E-state index contributed by atoms with van der Waals surface area (Å²) in [6, 6.07) is 0. The summed E-state index contributed by atoms with van der Waals surface area (Å²) in [6.45, 7) is 6.33. The van der Waals surface area contributed by atoms with Gasteiger partial charge in [0.15, 0.2) is 0 Å². The Bertz CT molecular complexity index is 169. The number of rotatable bonds is 1. The molecule has 3 heteroatoms. The third kappa shape index (κ3) is 1.93. The molecule has 0 aromatic heterocycles. The zero-order valence-corrected chi connectivity index (χ0v) is 7.29. The van der Waals surface area contributed by atoms with Crippen LogP contribution in [0.5, 0.6) is 0 Å². The van der Waals surface area contributed by atoms with E-state index in [1.54, 1.807) is 0 Å². The van der Waals surface area contributed by atoms with Gasteiger partial charge in [0.1, 0.15) is 6.10 Å². The van der Waals surface area contributed by atoms with Crippen LogP contribution in [-0.4, -0.2) is 23.5 Å². The second-order valence-corrected chi connectivity index (χ2v) is 3.98. The van der Waals surface area contributed by atoms with Crippen LogP contribution in [0.1, 0.15) is 27.2 Å². The van der Waals surface area contributed by atoms with Crippen molar-refractivity contribution in [2.24, 2.45) is 10.6 Å². The van der Waals surface area contributed by atoms with E-state index in [9.17, 15) is 0 Å². The largest absolute Gasteiger partial charge is 0.392 e. The van der Waals surface area contributed by atoms with Crippen molar-refractivity contribution in [2.75, 3.05) is 6.61 Å². The van der Waals surface area contributed by atoms with Crippen LogP contribution in [0, 0.1) is 5.41 Å². The fourth-order valence-corrected chi connectivity index (χ4v) is 0.984. The van der Waals surface area contributed by atoms with Gasteiger partial charge in [-0.3, -0.25) is 0 Å². The van der Waals surface area contributed by atoms with Crippen molar-refractivity contribution in [3.63, 3.8) is 0 Å². The molecule has 0 radical (unpaired) electrons. The van der Waals surface area contributed by atoms with Crippen molar-refractivity contribution in [3.05, 3.63) is 0 Å². The summed E-state index contributed by atoms with van der Waals surface area (Å²) in [5.41, 5.74) is 0.866. The van der Waals surface area contributed by atoms with Gasteiger partial charge in [-0.1, -0.05) is 25.9 Å². The van der Waals surface area contributed by atoms with Crippen molar-refractivity contribution >= 4 is 5.71 Å². The fraction of sp³-hybridized carbons (Fsp3) is 0.875. The average molecular weight is 157 g/mol. The van der Waals surface area contributed by atoms with Crippen LogP contribution in [0.4, 0.5) is 0 Å². The molecule has 0 aromatic rings. The van der Waals surface area contributed by atoms with Crippen LogP contribution in [0.25, 0.3) is 0 Å². The van der Waals surface area contributed by atoms with Gasteiger partial charge in [-0.05, 0) is 0 Å². The molecule has 1 aliphatic rings. The van der Waals surface area contributed by atoms with Gasteiger partial charge < -0.3 is 9.94 Å². The van der Waals surface area contributed by atoms with Gasteiger partial charge in [0.05, 0.1) is 12.3 Å². The Kier molecular flexibility index (Phi) is 2.18. The summed E-state index contributed by atoms with van der Waals surface area (Å²) in [4.78, 5) is 5.15. The minimum absolute atomic E-state index is 0.0204. The van der Waals surface area contributed by atoms with Crippen molar-refractivity contribution in [2.45, 2.75) is 33.3 Å². The maximum atomic E-state index is 8.74. The van der Waals surface area contributed by atoms with Crippen LogP contribution in [0.15, 0.2) is 5.16 Å². The standard InChI is InChI=1S/C8H15NO2/c1-8(2,3)7-4-6(5-10)9-11-7/h7,10H,4-5H2,1-3H3. The monoisotopic (exact) mass is 157 g/mol. The van der Waals surface area contributed by atoms with E-state index in [-0.39, 0.29) is 18.1 Å². The first-order valence-electron chi connectivity index (χ1n) is 3.86. The van der Waals surface area contributed by atoms with Gasteiger partial charge in [-0.25, -0.2) is 0 Å². The first-order chi connectivity index (χ1) is 5.04. The van der Waals surface area contributed by atoms with E-state index in [0.717, 1.165) is 12.1 Å². The van der Waals surface area contributed by atoms with Crippen LogP contribution >= 0.6 is 0 Å². The predicted octanol–water partition coefficient (Wildman–Crippen LogP) is 1.17. The molecule has 0 amide bonds. The molecular weight excluding hydrogens is 142 g/mol. The summed E-state index contributed by atoms with van der Waals surface area (Å²) in [7, 11) is 0. The molecule has 0 saturated carbocycles. The molecule has 0 saturated heterocycles. The molecule has 0 spiro atoms. The Morgan fingerprint density at radius 3 is 2.55 bits per heavy atom. The fourth-order valence-electron chi connectivity index (χ4n) is 0.984. The first-order valence-corrected chi connectivity index (χ1v) is 3.86. The van der Waals surface area contributed by atoms with E-state index in [1.165, 1.54) is 0 Å². The summed E-state index contributed by atoms with van der Waals surface area (Å²) in [5, 5.41) is 12.5. The smallest absolute Gasteiger partial charge is 0.137 e. The Hall–Kier alpha value is -0.570. The molecule has 1 atom stereocenters. The van der Waals surface area contributed by atoms with E-state index < -0.39 is 0 Å². The quantitative estimate of drug-likeness (QED) is 0.620. The Balaban J connectivity index is 2.48. The maximum absolute atomic E-state index is 8.74. The normalized spacial score (nSPS) is 24.7. The zero-order chi connectivity index (χ0) is 8.48. The highest BCUT2D eigenvalue weighted by Gasteiger charge is 2.31. The topological polar surface area (TPSA) is 41.8 Å². The first kappa shape index (κ1) is 8.53. The summed E-state index contributed by atoms with van der Waals surface area (Å²) in [6.07, 6.45) is 0.893. The van der Waals surface area contributed by atoms with E-state index in [2.05, 4.69) is 25.9 Å². The molecule has 1 aliphatic heterocycles. The molecule has 1 heterocycles. The van der Waals surface area contributed by atoms with Gasteiger partial charge >= 0.3 is 0 Å². The van der Waals surface area contributed by atoms with Crippen molar-refractivity contribution in [3.8, 4) is 0 Å². The number of aliphatic hydroxyl groups is 1. The highest BCUT2D eigenvalue weighted by Crippen LogP contribution is 2.28. The van der Waals surface area contributed by atoms with E-state index in [1.807, 2.05) is 0 Å². The van der Waals surface area contributed by atoms with Crippen LogP contribution < -0.4 is 0 Å². The van der Waals surface area contributed by atoms with Gasteiger partial charge in [0, 0.05) is 11.8 Å². The zero-order valence-electron chi connectivity index (χ0n) is 7.29. The third-order valence-corrected chi connectivity index (χ3v) is 1.88. The second-order valence-electron chi connectivity index (χ2n) is 3.98. The number of hydrogen-bond acceptors (Lipinski definition) is 3. The average Bonchev–Trinajstić information content (AvgIpc) is 2.32. The summed E-state index contributed by atoms with van der Waals surface area (Å²) >= 11 is 0. The van der Waals surface area contributed by atoms with Gasteiger partial charge in [0.2, 0.25) is 0 Å². The molecule has 0 aromatic carbocycles. The van der Waals surface area contributed by atoms with E-state index >= 15 is 0 Å². The molecule has 64 valence electrons. The molecule has 0 aliphatic carbocycles. The lowest BCUT2D eigenvalue weighted by atomic mass is 9.86. The highest BCUT2D eigenvalue weighted by molar-refractivity contribution is 5.86. The molecule has 1 unspecified atom stereocenters. The number of nitrogens with zero attached hydrogens (tertiary/aromatic N) is 1. The Morgan fingerprint density at radius 1 is 1.64 bits per heavy atom. The van der Waals surface area contributed by atoms with Crippen LogP contribution in [-0.2, 0) is 4.84 Å². The van der Waals surface area contributed by atoms with Crippen molar-refractivity contribution in [1.29, 1.82) is 0 Å². The molecular formula is C8H15NO2. The Labute approximate surface area is 67.0 Å². The van der Waals surface area contributed by atoms with Gasteiger partial charge in [-0.2, -0.15) is 0 Å². The van der Waals surface area contributed by atoms with Crippen molar-refractivity contribution in [1.82, 2.24) is 0 Å². The summed E-state index contributed by atoms with van der Waals surface area (Å²) in [5.74, 6) is 0. The summed E-state index contributed by atoms with van der Waals surface area (Å²) < 4.78 is 0. The molecule has 11 heavy (non-hydrogen) atoms. The number of oxime groups is 1. The van der Waals surface area contributed by atoms with E-state index in [0.29, 0.717) is 0 Å². The Morgan fingerprint density at radius 2 is 2.27 bits per heavy atom. The highest BCUT2D eigenvalue weighted by atomic mass is 16.6. The molecule has 1 rings (SSSR count). The number of aliphatic hydroxyl groups excluding tert-OH is 1. The van der Waals surface area contributed by atoms with Crippen LogP contribution in [0.2, 0.25) is 0 Å². The third-order valence-electron chi connectivity index (χ3n) is 1.88. The molecule has 3 nitrogen and oxygen atoms in total. The molecule has 0 bridgehead atoms. The van der Waals surface area contributed by atoms with Gasteiger partial charge in [0.25, 0.3) is 0 Å². The lowest BCUT2D eigenvalue weighted by Gasteiger charge is -2.23. The molecule has 0 fully saturated rings. The number of hydrogen-bond donors (Lipinski definition) is 1. The van der Waals surface area contributed by atoms with Gasteiger partial charge in [-0.15, -0.1) is 0 Å². The van der Waals surface area contributed by atoms with Crippen LogP contribution in [0.3, 0.4) is 0 Å². The molecule has 1 N–H and O–H groups in total. The lowest BCUT2D eigenvalue weighted by molar-refractivity contribution is 0.00830. The predicted molar refractivity (Wildman–Crippen MR) is 43.5 cm³/mol. The van der Waals surface area contributed by atoms with Crippen molar-refractivity contribution < 1.29 is 9.94 Å². The minimum Gasteiger partial charge on any atom is -0.392 e. The SMILES string of the molecule is CC(C)(C)C1CC(CO)=NO1. The van der Waals surface area contributed by atoms with E-state index in [4.69, 9.17) is 9.94 Å². The maximum Gasteiger partial charge on any atom is 0.137 e. The minimum atomic E-state index is 0.0204.